The third kappa shape index (κ3) is 3.48. The SMILES string of the molecule is COC1CCCC(O)(c2ccc(OC(C)C)cc2)C1. The molecule has 0 heterocycles. The lowest BCUT2D eigenvalue weighted by Gasteiger charge is -2.36. The maximum absolute atomic E-state index is 10.8. The third-order valence-corrected chi connectivity index (χ3v) is 3.78. The van der Waals surface area contributed by atoms with E-state index in [-0.39, 0.29) is 12.2 Å². The summed E-state index contributed by atoms with van der Waals surface area (Å²) in [6, 6.07) is 7.80. The standard InChI is InChI=1S/C16H24O3/c1-12(2)19-14-8-6-13(7-9-14)16(17)10-4-5-15(11-16)18-3/h6-9,12,15,17H,4-5,10-11H2,1-3H3. The smallest absolute Gasteiger partial charge is 0.119 e. The van der Waals surface area contributed by atoms with Crippen LogP contribution in [0.4, 0.5) is 0 Å². The summed E-state index contributed by atoms with van der Waals surface area (Å²) in [4.78, 5) is 0. The molecule has 2 unspecified atom stereocenters. The molecule has 1 aliphatic carbocycles. The van der Waals surface area contributed by atoms with Crippen LogP contribution in [0.15, 0.2) is 24.3 Å². The van der Waals surface area contributed by atoms with Crippen molar-refractivity contribution in [3.8, 4) is 5.75 Å². The van der Waals surface area contributed by atoms with Crippen molar-refractivity contribution in [3.63, 3.8) is 0 Å². The van der Waals surface area contributed by atoms with Crippen molar-refractivity contribution in [2.24, 2.45) is 0 Å². The summed E-state index contributed by atoms with van der Waals surface area (Å²) in [6.07, 6.45) is 3.84. The van der Waals surface area contributed by atoms with E-state index in [9.17, 15) is 5.11 Å². The molecule has 106 valence electrons. The van der Waals surface area contributed by atoms with Gasteiger partial charge in [0.2, 0.25) is 0 Å². The van der Waals surface area contributed by atoms with Gasteiger partial charge in [0.05, 0.1) is 17.8 Å². The molecule has 1 saturated carbocycles. The molecule has 0 radical (unpaired) electrons. The predicted octanol–water partition coefficient (Wildman–Crippen LogP) is 3.25. The van der Waals surface area contributed by atoms with Gasteiger partial charge in [-0.15, -0.1) is 0 Å². The number of hydrogen-bond donors (Lipinski definition) is 1. The lowest BCUT2D eigenvalue weighted by molar-refractivity contribution is -0.0631. The highest BCUT2D eigenvalue weighted by molar-refractivity contribution is 5.31. The van der Waals surface area contributed by atoms with E-state index in [1.54, 1.807) is 7.11 Å². The second-order valence-electron chi connectivity index (χ2n) is 5.68. The number of methoxy groups -OCH3 is 1. The van der Waals surface area contributed by atoms with Gasteiger partial charge >= 0.3 is 0 Å². The highest BCUT2D eigenvalue weighted by Crippen LogP contribution is 2.38. The molecule has 0 aromatic heterocycles. The van der Waals surface area contributed by atoms with Crippen LogP contribution in [0.1, 0.15) is 45.1 Å². The molecule has 2 atom stereocenters. The molecular formula is C16H24O3. The first kappa shape index (κ1) is 14.4. The largest absolute Gasteiger partial charge is 0.491 e. The number of ether oxygens (including phenoxy) is 2. The average molecular weight is 264 g/mol. The van der Waals surface area contributed by atoms with Gasteiger partial charge in [-0.2, -0.15) is 0 Å². The minimum absolute atomic E-state index is 0.158. The zero-order valence-electron chi connectivity index (χ0n) is 12.1. The van der Waals surface area contributed by atoms with Gasteiger partial charge in [-0.3, -0.25) is 0 Å². The zero-order chi connectivity index (χ0) is 13.9. The van der Waals surface area contributed by atoms with Crippen LogP contribution in [-0.2, 0) is 10.3 Å². The van der Waals surface area contributed by atoms with Gasteiger partial charge in [0.25, 0.3) is 0 Å². The van der Waals surface area contributed by atoms with E-state index in [1.807, 2.05) is 38.1 Å². The second kappa shape index (κ2) is 5.93. The Bertz CT molecular complexity index is 399. The Labute approximate surface area is 115 Å². The van der Waals surface area contributed by atoms with E-state index in [4.69, 9.17) is 9.47 Å². The van der Waals surface area contributed by atoms with Gasteiger partial charge in [-0.1, -0.05) is 12.1 Å². The van der Waals surface area contributed by atoms with E-state index >= 15 is 0 Å². The van der Waals surface area contributed by atoms with E-state index in [0.29, 0.717) is 6.42 Å². The van der Waals surface area contributed by atoms with Crippen molar-refractivity contribution in [2.45, 2.75) is 57.3 Å². The van der Waals surface area contributed by atoms with Crippen molar-refractivity contribution in [3.05, 3.63) is 29.8 Å². The molecule has 0 bridgehead atoms. The quantitative estimate of drug-likeness (QED) is 0.907. The van der Waals surface area contributed by atoms with E-state index in [1.165, 1.54) is 0 Å². The van der Waals surface area contributed by atoms with E-state index in [2.05, 4.69) is 0 Å². The Hall–Kier alpha value is -1.06. The second-order valence-corrected chi connectivity index (χ2v) is 5.68. The molecule has 0 aliphatic heterocycles. The summed E-state index contributed by atoms with van der Waals surface area (Å²) < 4.78 is 11.0. The fourth-order valence-corrected chi connectivity index (χ4v) is 2.78. The van der Waals surface area contributed by atoms with Gasteiger partial charge < -0.3 is 14.6 Å². The number of benzene rings is 1. The summed E-state index contributed by atoms with van der Waals surface area (Å²) in [5, 5.41) is 10.8. The summed E-state index contributed by atoms with van der Waals surface area (Å²) >= 11 is 0. The zero-order valence-corrected chi connectivity index (χ0v) is 12.1. The fraction of sp³-hybridized carbons (Fsp3) is 0.625. The van der Waals surface area contributed by atoms with Crippen molar-refractivity contribution in [2.75, 3.05) is 7.11 Å². The van der Waals surface area contributed by atoms with Gasteiger partial charge in [0.1, 0.15) is 5.75 Å². The van der Waals surface area contributed by atoms with E-state index < -0.39 is 5.60 Å². The Balaban J connectivity index is 2.12. The van der Waals surface area contributed by atoms with Crippen LogP contribution < -0.4 is 4.74 Å². The molecule has 3 heteroatoms. The number of hydrogen-bond acceptors (Lipinski definition) is 3. The fourth-order valence-electron chi connectivity index (χ4n) is 2.78. The maximum Gasteiger partial charge on any atom is 0.119 e. The topological polar surface area (TPSA) is 38.7 Å². The van der Waals surface area contributed by atoms with Crippen LogP contribution in [0.25, 0.3) is 0 Å². The first-order valence-corrected chi connectivity index (χ1v) is 7.06. The Kier molecular flexibility index (Phi) is 4.48. The maximum atomic E-state index is 10.8. The highest BCUT2D eigenvalue weighted by atomic mass is 16.5. The van der Waals surface area contributed by atoms with Crippen molar-refractivity contribution >= 4 is 0 Å². The normalized spacial score (nSPS) is 27.5. The summed E-state index contributed by atoms with van der Waals surface area (Å²) in [5.41, 5.74) is 0.209. The molecule has 1 fully saturated rings. The van der Waals surface area contributed by atoms with E-state index in [0.717, 1.165) is 30.6 Å². The van der Waals surface area contributed by atoms with Crippen LogP contribution >= 0.6 is 0 Å². The molecule has 1 N–H and O–H groups in total. The molecule has 0 spiro atoms. The minimum atomic E-state index is -0.755. The molecule has 2 rings (SSSR count). The first-order valence-electron chi connectivity index (χ1n) is 7.06. The number of rotatable bonds is 4. The van der Waals surface area contributed by atoms with Gasteiger partial charge in [0.15, 0.2) is 0 Å². The predicted molar refractivity (Wildman–Crippen MR) is 75.4 cm³/mol. The molecule has 0 saturated heterocycles. The molecule has 1 aromatic carbocycles. The molecule has 3 nitrogen and oxygen atoms in total. The molecular weight excluding hydrogens is 240 g/mol. The van der Waals surface area contributed by atoms with Crippen molar-refractivity contribution in [1.29, 1.82) is 0 Å². The summed E-state index contributed by atoms with van der Waals surface area (Å²) in [6.45, 7) is 4.01. The monoisotopic (exact) mass is 264 g/mol. The van der Waals surface area contributed by atoms with Gasteiger partial charge in [0, 0.05) is 13.5 Å². The van der Waals surface area contributed by atoms with Crippen LogP contribution in [-0.4, -0.2) is 24.4 Å². The lowest BCUT2D eigenvalue weighted by atomic mass is 9.78. The van der Waals surface area contributed by atoms with Crippen molar-refractivity contribution in [1.82, 2.24) is 0 Å². The van der Waals surface area contributed by atoms with Crippen LogP contribution in [0.5, 0.6) is 5.75 Å². The van der Waals surface area contributed by atoms with Crippen molar-refractivity contribution < 1.29 is 14.6 Å². The lowest BCUT2D eigenvalue weighted by Crippen LogP contribution is -2.35. The summed E-state index contributed by atoms with van der Waals surface area (Å²) in [5.74, 6) is 0.849. The summed E-state index contributed by atoms with van der Waals surface area (Å²) in [7, 11) is 1.72. The van der Waals surface area contributed by atoms with Crippen LogP contribution in [0, 0.1) is 0 Å². The first-order chi connectivity index (χ1) is 9.03. The molecule has 1 aliphatic rings. The Morgan fingerprint density at radius 2 is 1.95 bits per heavy atom. The highest BCUT2D eigenvalue weighted by Gasteiger charge is 2.35. The Morgan fingerprint density at radius 1 is 1.26 bits per heavy atom. The molecule has 1 aromatic rings. The number of aliphatic hydroxyl groups is 1. The Morgan fingerprint density at radius 3 is 2.53 bits per heavy atom. The van der Waals surface area contributed by atoms with Crippen LogP contribution in [0.2, 0.25) is 0 Å². The van der Waals surface area contributed by atoms with Gasteiger partial charge in [-0.05, 0) is 50.8 Å². The minimum Gasteiger partial charge on any atom is -0.491 e. The molecule has 0 amide bonds. The average Bonchev–Trinajstić information content (AvgIpc) is 2.38. The molecule has 19 heavy (non-hydrogen) atoms. The third-order valence-electron chi connectivity index (χ3n) is 3.78. The van der Waals surface area contributed by atoms with Gasteiger partial charge in [-0.25, -0.2) is 0 Å². The van der Waals surface area contributed by atoms with Crippen LogP contribution in [0.3, 0.4) is 0 Å².